The van der Waals surface area contributed by atoms with Gasteiger partial charge in [0.1, 0.15) is 25.4 Å². The van der Waals surface area contributed by atoms with Crippen molar-refractivity contribution in [1.29, 1.82) is 0 Å². The minimum Gasteiger partial charge on any atom is -0.545 e. The van der Waals surface area contributed by atoms with Crippen molar-refractivity contribution in [3.05, 3.63) is 71.6 Å². The van der Waals surface area contributed by atoms with E-state index in [1.54, 1.807) is 18.2 Å². The van der Waals surface area contributed by atoms with E-state index in [1.807, 2.05) is 80.1 Å². The largest absolute Gasteiger partial charge is 0.545 e. The topological polar surface area (TPSA) is 59.5 Å². The molecule has 2 aromatic rings. The summed E-state index contributed by atoms with van der Waals surface area (Å²) in [4.78, 5) is 13.4. The van der Waals surface area contributed by atoms with Gasteiger partial charge in [0.2, 0.25) is 5.36 Å². The van der Waals surface area contributed by atoms with Gasteiger partial charge in [-0.05, 0) is 35.4 Å². The fourth-order valence-electron chi connectivity index (χ4n) is 3.54. The average Bonchev–Trinajstić information content (AvgIpc) is 2.71. The second-order valence-electron chi connectivity index (χ2n) is 7.50. The fraction of sp³-hybridized carbons (Fsp3) is 0.167. The number of hydrogen-bond donors (Lipinski definition) is 0. The van der Waals surface area contributed by atoms with E-state index >= 15 is 0 Å². The monoisotopic (exact) mass is 386 g/mol. The Hall–Kier alpha value is -3.60. The Morgan fingerprint density at radius 1 is 1.00 bits per heavy atom. The molecule has 0 fully saturated rings. The lowest BCUT2D eigenvalue weighted by atomic mass is 9.92. The lowest BCUT2D eigenvalue weighted by Crippen LogP contribution is -2.22. The van der Waals surface area contributed by atoms with Crippen LogP contribution >= 0.6 is 0 Å². The Balaban J connectivity index is 2.13. The molecule has 0 amide bonds. The highest BCUT2D eigenvalue weighted by atomic mass is 16.4. The third kappa shape index (κ3) is 3.36. The van der Waals surface area contributed by atoms with E-state index in [1.165, 1.54) is 0 Å². The number of benzene rings is 3. The number of nitrogens with zero attached hydrogens (tertiary/aromatic N) is 2. The molecule has 0 bridgehead atoms. The normalized spacial score (nSPS) is 11.0. The summed E-state index contributed by atoms with van der Waals surface area (Å²) >= 11 is 0. The zero-order valence-corrected chi connectivity index (χ0v) is 16.9. The van der Waals surface area contributed by atoms with Crippen molar-refractivity contribution in [2.75, 3.05) is 33.1 Å². The molecule has 0 radical (unpaired) electrons. The van der Waals surface area contributed by atoms with Gasteiger partial charge in [0, 0.05) is 48.4 Å². The number of carboxylic acids is 1. The molecule has 2 aromatic carbocycles. The number of hydrogen-bond acceptors (Lipinski definition) is 4. The second kappa shape index (κ2) is 7.09. The Kier molecular flexibility index (Phi) is 4.59. The van der Waals surface area contributed by atoms with Crippen LogP contribution in [0.4, 0.5) is 5.69 Å². The SMILES string of the molecule is CN(C)c1ccc2c(-c3cccc(C(=O)[O-])c3)c3ccc(=[N+](C)C)cc-3oc2c1. The molecule has 0 spiro atoms. The van der Waals surface area contributed by atoms with Gasteiger partial charge in [-0.25, -0.2) is 4.58 Å². The first kappa shape index (κ1) is 18.7. The number of fused-ring (bicyclic) bond motifs is 2. The van der Waals surface area contributed by atoms with Crippen LogP contribution in [-0.4, -0.2) is 34.2 Å². The van der Waals surface area contributed by atoms with Crippen molar-refractivity contribution in [2.45, 2.75) is 0 Å². The number of rotatable bonds is 3. The fourth-order valence-corrected chi connectivity index (χ4v) is 3.54. The lowest BCUT2D eigenvalue weighted by Gasteiger charge is -2.18. The molecule has 5 heteroatoms. The van der Waals surface area contributed by atoms with Crippen molar-refractivity contribution < 1.29 is 14.3 Å². The zero-order valence-electron chi connectivity index (χ0n) is 16.9. The van der Waals surface area contributed by atoms with Crippen LogP contribution in [0.25, 0.3) is 33.4 Å². The molecule has 0 atom stereocenters. The summed E-state index contributed by atoms with van der Waals surface area (Å²) in [7, 11) is 7.93. The highest BCUT2D eigenvalue weighted by molar-refractivity contribution is 6.03. The molecule has 0 aromatic heterocycles. The molecule has 1 aliphatic carbocycles. The minimum absolute atomic E-state index is 0.152. The zero-order chi connectivity index (χ0) is 20.7. The first-order chi connectivity index (χ1) is 13.8. The Bertz CT molecular complexity index is 1280. The molecule has 1 aliphatic heterocycles. The van der Waals surface area contributed by atoms with Gasteiger partial charge in [-0.1, -0.05) is 18.2 Å². The van der Waals surface area contributed by atoms with E-state index in [2.05, 4.69) is 0 Å². The number of carbonyl (C=O) groups is 1. The average molecular weight is 386 g/mol. The predicted molar refractivity (Wildman–Crippen MR) is 114 cm³/mol. The Labute approximate surface area is 169 Å². The summed E-state index contributed by atoms with van der Waals surface area (Å²) in [5.41, 5.74) is 4.61. The van der Waals surface area contributed by atoms with Crippen LogP contribution in [0, 0.1) is 0 Å². The van der Waals surface area contributed by atoms with Gasteiger partial charge in [0.15, 0.2) is 0 Å². The molecule has 146 valence electrons. The predicted octanol–water partition coefficient (Wildman–Crippen LogP) is 2.67. The van der Waals surface area contributed by atoms with Crippen LogP contribution in [0.15, 0.2) is 65.1 Å². The first-order valence-corrected chi connectivity index (χ1v) is 9.35. The number of aromatic carboxylic acids is 1. The second-order valence-corrected chi connectivity index (χ2v) is 7.50. The molecule has 0 N–H and O–H groups in total. The van der Waals surface area contributed by atoms with Gasteiger partial charge in [0.05, 0.1) is 12.0 Å². The summed E-state index contributed by atoms with van der Waals surface area (Å²) in [6.45, 7) is 0. The summed E-state index contributed by atoms with van der Waals surface area (Å²) in [6, 6.07) is 19.0. The van der Waals surface area contributed by atoms with Gasteiger partial charge in [-0.15, -0.1) is 0 Å². The van der Waals surface area contributed by atoms with E-state index in [9.17, 15) is 9.90 Å². The summed E-state index contributed by atoms with van der Waals surface area (Å²) in [5.74, 6) is -0.445. The van der Waals surface area contributed by atoms with Gasteiger partial charge in [-0.3, -0.25) is 0 Å². The third-order valence-electron chi connectivity index (χ3n) is 5.11. The standard InChI is InChI=1S/C24H22N2O3/c1-25(2)17-8-10-19-21(13-17)29-22-14-18(26(3)4)9-11-20(22)23(19)15-6-5-7-16(12-15)24(27)28/h5-14H,1-4H3. The Morgan fingerprint density at radius 3 is 2.48 bits per heavy atom. The van der Waals surface area contributed by atoms with Crippen LogP contribution in [0.1, 0.15) is 10.4 Å². The van der Waals surface area contributed by atoms with Crippen LogP contribution in [0.3, 0.4) is 0 Å². The maximum atomic E-state index is 11.4. The number of carbonyl (C=O) groups excluding carboxylic acids is 1. The molecule has 0 saturated carbocycles. The smallest absolute Gasteiger partial charge is 0.203 e. The van der Waals surface area contributed by atoms with E-state index in [0.717, 1.165) is 44.5 Å². The summed E-state index contributed by atoms with van der Waals surface area (Å²) < 4.78 is 8.31. The highest BCUT2D eigenvalue weighted by Crippen LogP contribution is 2.40. The van der Waals surface area contributed by atoms with E-state index in [-0.39, 0.29) is 5.56 Å². The van der Waals surface area contributed by atoms with Gasteiger partial charge < -0.3 is 19.2 Å². The third-order valence-corrected chi connectivity index (χ3v) is 5.11. The molecule has 4 rings (SSSR count). The maximum absolute atomic E-state index is 11.4. The Morgan fingerprint density at radius 2 is 1.79 bits per heavy atom. The van der Waals surface area contributed by atoms with Crippen LogP contribution in [0.2, 0.25) is 0 Å². The van der Waals surface area contributed by atoms with Crippen molar-refractivity contribution in [1.82, 2.24) is 4.58 Å². The molecule has 2 aliphatic rings. The van der Waals surface area contributed by atoms with E-state index in [4.69, 9.17) is 4.42 Å². The maximum Gasteiger partial charge on any atom is 0.203 e. The molecule has 1 heterocycles. The quantitative estimate of drug-likeness (QED) is 0.401. The molecule has 5 nitrogen and oxygen atoms in total. The number of anilines is 1. The summed E-state index contributed by atoms with van der Waals surface area (Å²) in [5, 5.41) is 13.4. The van der Waals surface area contributed by atoms with Crippen LogP contribution in [0.5, 0.6) is 0 Å². The van der Waals surface area contributed by atoms with E-state index < -0.39 is 5.97 Å². The van der Waals surface area contributed by atoms with Gasteiger partial charge in [-0.2, -0.15) is 0 Å². The molecule has 0 saturated heterocycles. The van der Waals surface area contributed by atoms with E-state index in [0.29, 0.717) is 0 Å². The van der Waals surface area contributed by atoms with Crippen molar-refractivity contribution in [3.8, 4) is 22.5 Å². The van der Waals surface area contributed by atoms with Crippen molar-refractivity contribution >= 4 is 22.6 Å². The van der Waals surface area contributed by atoms with Crippen LogP contribution in [-0.2, 0) is 0 Å². The summed E-state index contributed by atoms with van der Waals surface area (Å²) in [6.07, 6.45) is 0. The molecular weight excluding hydrogens is 364 g/mol. The van der Waals surface area contributed by atoms with Gasteiger partial charge in [0.25, 0.3) is 0 Å². The first-order valence-electron chi connectivity index (χ1n) is 9.35. The van der Waals surface area contributed by atoms with Crippen molar-refractivity contribution in [3.63, 3.8) is 0 Å². The van der Waals surface area contributed by atoms with Gasteiger partial charge >= 0.3 is 0 Å². The number of carboxylic acid groups (broad SMARTS) is 1. The molecule has 29 heavy (non-hydrogen) atoms. The van der Waals surface area contributed by atoms with Crippen molar-refractivity contribution in [2.24, 2.45) is 0 Å². The molecule has 0 unspecified atom stereocenters. The minimum atomic E-state index is -1.19. The lowest BCUT2D eigenvalue weighted by molar-refractivity contribution is -0.255. The highest BCUT2D eigenvalue weighted by Gasteiger charge is 2.18. The van der Waals surface area contributed by atoms with Crippen LogP contribution < -0.4 is 19.9 Å². The molecular formula is C24H22N2O3.